The van der Waals surface area contributed by atoms with Crippen LogP contribution in [0.3, 0.4) is 0 Å². The summed E-state index contributed by atoms with van der Waals surface area (Å²) in [6.07, 6.45) is 3.09. The molecule has 0 unspecified atom stereocenters. The molecule has 1 fully saturated rings. The maximum atomic E-state index is 12.1. The third-order valence-electron chi connectivity index (χ3n) is 4.66. The van der Waals surface area contributed by atoms with Crippen LogP contribution in [0.4, 0.5) is 17.3 Å². The number of rotatable bonds is 4. The summed E-state index contributed by atoms with van der Waals surface area (Å²) in [5.41, 5.74) is 1.35. The van der Waals surface area contributed by atoms with Gasteiger partial charge in [-0.25, -0.2) is 9.97 Å². The van der Waals surface area contributed by atoms with Crippen LogP contribution < -0.4 is 16.0 Å². The molecular weight excluding hydrogens is 389 g/mol. The van der Waals surface area contributed by atoms with Crippen LogP contribution in [0.15, 0.2) is 18.5 Å². The fourth-order valence-corrected chi connectivity index (χ4v) is 3.56. The van der Waals surface area contributed by atoms with Gasteiger partial charge in [0.25, 0.3) is 5.91 Å². The van der Waals surface area contributed by atoms with E-state index < -0.39 is 5.54 Å². The highest BCUT2D eigenvalue weighted by molar-refractivity contribution is 6.36. The molecule has 140 valence electrons. The molecule has 0 spiro atoms. The van der Waals surface area contributed by atoms with E-state index in [1.807, 2.05) is 19.9 Å². The Morgan fingerprint density at radius 2 is 1.93 bits per heavy atom. The lowest BCUT2D eigenvalue weighted by atomic mass is 9.94. The number of benzene rings is 1. The van der Waals surface area contributed by atoms with Crippen molar-refractivity contribution in [3.05, 3.63) is 39.6 Å². The van der Waals surface area contributed by atoms with Crippen LogP contribution in [-0.4, -0.2) is 21.8 Å². The maximum absolute atomic E-state index is 12.1. The van der Waals surface area contributed by atoms with Gasteiger partial charge in [0.05, 0.1) is 16.1 Å². The predicted octanol–water partition coefficient (Wildman–Crippen LogP) is 3.85. The average molecular weight is 406 g/mol. The fraction of sp³-hybridized carbons (Fsp3) is 0.333. The van der Waals surface area contributed by atoms with Gasteiger partial charge in [0, 0.05) is 11.6 Å². The molecule has 9 heteroatoms. The van der Waals surface area contributed by atoms with Crippen molar-refractivity contribution in [3.63, 3.8) is 0 Å². The summed E-state index contributed by atoms with van der Waals surface area (Å²) in [4.78, 5) is 32.3. The lowest BCUT2D eigenvalue weighted by molar-refractivity contribution is -0.117. The van der Waals surface area contributed by atoms with Gasteiger partial charge in [-0.05, 0) is 44.4 Å². The number of hydrogen-bond donors (Lipinski definition) is 3. The van der Waals surface area contributed by atoms with E-state index in [1.165, 1.54) is 6.33 Å². The minimum Gasteiger partial charge on any atom is -0.343 e. The van der Waals surface area contributed by atoms with Crippen molar-refractivity contribution in [1.29, 1.82) is 0 Å². The molecule has 1 aromatic heterocycles. The molecule has 0 atom stereocenters. The molecule has 4 rings (SSSR count). The first kappa shape index (κ1) is 18.0. The molecule has 2 aromatic rings. The zero-order chi connectivity index (χ0) is 19.3. The summed E-state index contributed by atoms with van der Waals surface area (Å²) < 4.78 is 0. The van der Waals surface area contributed by atoms with Crippen LogP contribution in [0.25, 0.3) is 0 Å². The molecule has 2 aliphatic rings. The first-order valence-corrected chi connectivity index (χ1v) is 9.27. The van der Waals surface area contributed by atoms with Crippen LogP contribution in [0.2, 0.25) is 10.0 Å². The van der Waals surface area contributed by atoms with Gasteiger partial charge in [0.1, 0.15) is 11.3 Å². The molecule has 3 N–H and O–H groups in total. The van der Waals surface area contributed by atoms with Gasteiger partial charge in [-0.3, -0.25) is 9.59 Å². The highest BCUT2D eigenvalue weighted by Gasteiger charge is 2.37. The van der Waals surface area contributed by atoms with Gasteiger partial charge < -0.3 is 16.0 Å². The Morgan fingerprint density at radius 1 is 1.22 bits per heavy atom. The van der Waals surface area contributed by atoms with E-state index in [2.05, 4.69) is 25.9 Å². The summed E-state index contributed by atoms with van der Waals surface area (Å²) in [6, 6.07) is 3.47. The van der Waals surface area contributed by atoms with Crippen molar-refractivity contribution < 1.29 is 9.59 Å². The predicted molar refractivity (Wildman–Crippen MR) is 104 cm³/mol. The second-order valence-electron chi connectivity index (χ2n) is 7.23. The SMILES string of the molecule is CC1(C)NC(=O)c2c(Cl)cc(Nc3ncnc(NC(=O)C4CC4)c3Cl)cc21. The topological polar surface area (TPSA) is 96.0 Å². The van der Waals surface area contributed by atoms with Crippen LogP contribution in [0.5, 0.6) is 0 Å². The summed E-state index contributed by atoms with van der Waals surface area (Å²) in [5.74, 6) is 0.347. The molecule has 2 heterocycles. The second kappa shape index (κ2) is 6.35. The van der Waals surface area contributed by atoms with Gasteiger partial charge in [-0.2, -0.15) is 0 Å². The van der Waals surface area contributed by atoms with Crippen molar-refractivity contribution >= 4 is 52.3 Å². The Hall–Kier alpha value is -2.38. The number of anilines is 3. The zero-order valence-electron chi connectivity index (χ0n) is 14.7. The number of aromatic nitrogens is 2. The monoisotopic (exact) mass is 405 g/mol. The lowest BCUT2D eigenvalue weighted by Crippen LogP contribution is -2.32. The van der Waals surface area contributed by atoms with Crippen molar-refractivity contribution in [2.75, 3.05) is 10.6 Å². The summed E-state index contributed by atoms with van der Waals surface area (Å²) in [7, 11) is 0. The Labute approximate surface area is 165 Å². The fourth-order valence-electron chi connectivity index (χ4n) is 3.06. The van der Waals surface area contributed by atoms with Gasteiger partial charge in [0.15, 0.2) is 11.6 Å². The van der Waals surface area contributed by atoms with Crippen molar-refractivity contribution in [2.45, 2.75) is 32.2 Å². The van der Waals surface area contributed by atoms with Gasteiger partial charge in [0.2, 0.25) is 5.91 Å². The number of amides is 2. The van der Waals surface area contributed by atoms with E-state index in [0.29, 0.717) is 22.1 Å². The molecular formula is C18H17Cl2N5O2. The first-order valence-electron chi connectivity index (χ1n) is 8.51. The molecule has 1 aliphatic carbocycles. The molecule has 2 amide bonds. The maximum Gasteiger partial charge on any atom is 0.253 e. The second-order valence-corrected chi connectivity index (χ2v) is 8.02. The number of carbonyl (C=O) groups is 2. The summed E-state index contributed by atoms with van der Waals surface area (Å²) in [5, 5.41) is 9.27. The molecule has 7 nitrogen and oxygen atoms in total. The molecule has 0 radical (unpaired) electrons. The minimum absolute atomic E-state index is 0.0372. The number of halogens is 2. The van der Waals surface area contributed by atoms with Gasteiger partial charge in [-0.15, -0.1) is 0 Å². The van der Waals surface area contributed by atoms with Crippen LogP contribution in [-0.2, 0) is 10.3 Å². The third kappa shape index (κ3) is 3.33. The molecule has 27 heavy (non-hydrogen) atoms. The smallest absolute Gasteiger partial charge is 0.253 e. The van der Waals surface area contributed by atoms with Crippen LogP contribution in [0.1, 0.15) is 42.6 Å². The quantitative estimate of drug-likeness (QED) is 0.717. The van der Waals surface area contributed by atoms with E-state index in [9.17, 15) is 9.59 Å². The number of hydrogen-bond acceptors (Lipinski definition) is 5. The Morgan fingerprint density at radius 3 is 2.63 bits per heavy atom. The van der Waals surface area contributed by atoms with Crippen molar-refractivity contribution in [1.82, 2.24) is 15.3 Å². The van der Waals surface area contributed by atoms with Crippen LogP contribution >= 0.6 is 23.2 Å². The first-order chi connectivity index (χ1) is 12.8. The minimum atomic E-state index is -0.535. The number of carbonyl (C=O) groups excluding carboxylic acids is 2. The average Bonchev–Trinajstić information content (AvgIpc) is 3.39. The van der Waals surface area contributed by atoms with E-state index in [1.54, 1.807) is 6.07 Å². The highest BCUT2D eigenvalue weighted by atomic mass is 35.5. The largest absolute Gasteiger partial charge is 0.343 e. The van der Waals surface area contributed by atoms with E-state index in [-0.39, 0.29) is 28.6 Å². The van der Waals surface area contributed by atoms with E-state index in [4.69, 9.17) is 23.2 Å². The van der Waals surface area contributed by atoms with Gasteiger partial charge >= 0.3 is 0 Å². The third-order valence-corrected chi connectivity index (χ3v) is 5.31. The normalized spacial score (nSPS) is 17.3. The Bertz CT molecular complexity index is 972. The molecule has 1 aromatic carbocycles. The van der Waals surface area contributed by atoms with E-state index >= 15 is 0 Å². The number of nitrogens with one attached hydrogen (secondary N) is 3. The van der Waals surface area contributed by atoms with Gasteiger partial charge in [-0.1, -0.05) is 23.2 Å². The van der Waals surface area contributed by atoms with Crippen molar-refractivity contribution in [3.8, 4) is 0 Å². The van der Waals surface area contributed by atoms with Crippen molar-refractivity contribution in [2.24, 2.45) is 5.92 Å². The van der Waals surface area contributed by atoms with Crippen LogP contribution in [0, 0.1) is 5.92 Å². The number of nitrogens with zero attached hydrogens (tertiary/aromatic N) is 2. The summed E-state index contributed by atoms with van der Waals surface area (Å²) in [6.45, 7) is 3.81. The number of fused-ring (bicyclic) bond motifs is 1. The lowest BCUT2D eigenvalue weighted by Gasteiger charge is -2.20. The summed E-state index contributed by atoms with van der Waals surface area (Å²) >= 11 is 12.7. The molecule has 1 saturated carbocycles. The standard InChI is InChI=1S/C18H17Cl2N5O2/c1-18(2)10-5-9(6-11(19)12(10)17(27)25-18)23-14-13(20)15(22-7-21-14)24-16(26)8-3-4-8/h5-8H,3-4H2,1-2H3,(H,25,27)(H2,21,22,23,24,26). The Kier molecular flexibility index (Phi) is 4.24. The highest BCUT2D eigenvalue weighted by Crippen LogP contribution is 2.39. The molecule has 0 saturated heterocycles. The van der Waals surface area contributed by atoms with E-state index in [0.717, 1.165) is 18.4 Å². The zero-order valence-corrected chi connectivity index (χ0v) is 16.2. The Balaban J connectivity index is 1.64. The molecule has 0 bridgehead atoms. The molecule has 1 aliphatic heterocycles.